The van der Waals surface area contributed by atoms with Gasteiger partial charge in [0, 0.05) is 0 Å². The van der Waals surface area contributed by atoms with Gasteiger partial charge in [-0.1, -0.05) is 23.2 Å². The van der Waals surface area contributed by atoms with Crippen molar-refractivity contribution in [1.29, 1.82) is 0 Å². The summed E-state index contributed by atoms with van der Waals surface area (Å²) in [5.41, 5.74) is 0.299. The summed E-state index contributed by atoms with van der Waals surface area (Å²) in [6, 6.07) is -3.67. The molecule has 152 valence electrons. The zero-order valence-corrected chi connectivity index (χ0v) is 14.5. The van der Waals surface area contributed by atoms with E-state index in [1.54, 1.807) is 0 Å². The number of benzene rings is 1. The Morgan fingerprint density at radius 2 is 1.67 bits per heavy atom. The van der Waals surface area contributed by atoms with Gasteiger partial charge in [0.2, 0.25) is 0 Å². The Hall–Kier alpha value is -1.95. The highest BCUT2D eigenvalue weighted by Gasteiger charge is 2.73. The predicted molar refractivity (Wildman–Crippen MR) is 80.7 cm³/mol. The molecule has 0 aliphatic carbocycles. The van der Waals surface area contributed by atoms with Crippen molar-refractivity contribution in [2.75, 3.05) is 13.7 Å². The van der Waals surface area contributed by atoms with Gasteiger partial charge in [-0.3, -0.25) is 0 Å². The number of carbonyl (C=O) groups is 1. The molecule has 14 heteroatoms. The molecule has 0 saturated carbocycles. The van der Waals surface area contributed by atoms with Crippen LogP contribution < -0.4 is 10.2 Å². The Balaban J connectivity index is 2.92. The summed E-state index contributed by atoms with van der Waals surface area (Å²) in [7, 11) is 1.10. The van der Waals surface area contributed by atoms with Gasteiger partial charge >= 0.3 is 24.1 Å². The maximum atomic E-state index is 13.0. The van der Waals surface area contributed by atoms with Crippen LogP contribution in [0, 0.1) is 0 Å². The molecule has 0 aromatic heterocycles. The number of halogens is 9. The van der Waals surface area contributed by atoms with Gasteiger partial charge in [-0.05, 0) is 17.7 Å². The van der Waals surface area contributed by atoms with E-state index in [0.717, 1.165) is 19.2 Å². The number of esters is 1. The van der Waals surface area contributed by atoms with Crippen LogP contribution in [0.1, 0.15) is 5.56 Å². The number of nitrogens with zero attached hydrogens (tertiary/aromatic N) is 1. The van der Waals surface area contributed by atoms with Crippen molar-refractivity contribution in [2.24, 2.45) is 5.10 Å². The predicted octanol–water partition coefficient (Wildman–Crippen LogP) is 4.26. The number of methoxy groups -OCH3 is 1. The second kappa shape index (κ2) is 8.38. The lowest BCUT2D eigenvalue weighted by Crippen LogP contribution is -2.58. The molecule has 0 spiro atoms. The molecule has 1 aromatic carbocycles. The first-order valence-electron chi connectivity index (χ1n) is 6.54. The maximum Gasteiger partial charge on any atom is 0.462 e. The van der Waals surface area contributed by atoms with Crippen LogP contribution in [0.15, 0.2) is 17.2 Å². The lowest BCUT2D eigenvalue weighted by Gasteiger charge is -2.27. The fraction of sp³-hybridized carbons (Fsp3) is 0.385. The molecular weight excluding hydrogens is 436 g/mol. The van der Waals surface area contributed by atoms with Crippen molar-refractivity contribution in [3.8, 4) is 5.75 Å². The topological polar surface area (TPSA) is 59.9 Å². The van der Waals surface area contributed by atoms with Gasteiger partial charge in [0.15, 0.2) is 12.4 Å². The van der Waals surface area contributed by atoms with E-state index < -0.39 is 30.7 Å². The number of hydrogen-bond donors (Lipinski definition) is 1. The van der Waals surface area contributed by atoms with Crippen molar-refractivity contribution in [3.63, 3.8) is 0 Å². The van der Waals surface area contributed by atoms with Crippen molar-refractivity contribution in [3.05, 3.63) is 27.7 Å². The number of carbonyl (C=O) groups excluding carboxylic acids is 1. The molecule has 1 rings (SSSR count). The van der Waals surface area contributed by atoms with Crippen LogP contribution in [-0.2, 0) is 9.53 Å². The monoisotopic (exact) mass is 444 g/mol. The van der Waals surface area contributed by atoms with E-state index in [0.29, 0.717) is 11.6 Å². The standard InChI is InChI=1S/C13H9Cl2F7N2O3/c1-26-9(25)5-27-10-7(14)2-6(3-8(10)15)4-23-24-13(21,22)11(16,17)12(18,19)20/h2-4,24H,5H2,1H3/b23-4+. The SMILES string of the molecule is COC(=O)COc1c(Cl)cc(/C=N/NC(F)(F)C(F)(F)C(F)(F)F)cc1Cl. The highest BCUT2D eigenvalue weighted by atomic mass is 35.5. The number of nitrogens with one attached hydrogen (secondary N) is 1. The Morgan fingerprint density at radius 1 is 1.15 bits per heavy atom. The summed E-state index contributed by atoms with van der Waals surface area (Å²) < 4.78 is 96.7. The Kier molecular flexibility index (Phi) is 7.17. The van der Waals surface area contributed by atoms with Crippen LogP contribution >= 0.6 is 23.2 Å². The fourth-order valence-electron chi connectivity index (χ4n) is 1.42. The van der Waals surface area contributed by atoms with E-state index in [1.165, 1.54) is 0 Å². The fourth-order valence-corrected chi connectivity index (χ4v) is 2.03. The summed E-state index contributed by atoms with van der Waals surface area (Å²) in [4.78, 5) is 11.0. The largest absolute Gasteiger partial charge is 0.479 e. The first kappa shape index (κ1) is 23.1. The number of ether oxygens (including phenoxy) is 2. The van der Waals surface area contributed by atoms with E-state index in [4.69, 9.17) is 27.9 Å². The molecule has 0 aliphatic heterocycles. The Morgan fingerprint density at radius 3 is 2.11 bits per heavy atom. The van der Waals surface area contributed by atoms with E-state index in [-0.39, 0.29) is 21.4 Å². The second-order valence-corrected chi connectivity index (χ2v) is 5.51. The average molecular weight is 445 g/mol. The third kappa shape index (κ3) is 5.51. The minimum atomic E-state index is -6.50. The minimum Gasteiger partial charge on any atom is -0.479 e. The van der Waals surface area contributed by atoms with Crippen molar-refractivity contribution >= 4 is 35.4 Å². The molecule has 0 aliphatic rings. The van der Waals surface area contributed by atoms with Crippen LogP contribution in [0.5, 0.6) is 5.75 Å². The normalized spacial score (nSPS) is 13.0. The molecule has 0 unspecified atom stereocenters. The summed E-state index contributed by atoms with van der Waals surface area (Å²) in [5, 5.41) is 2.21. The first-order chi connectivity index (χ1) is 12.2. The van der Waals surface area contributed by atoms with E-state index in [2.05, 4.69) is 9.84 Å². The summed E-state index contributed by atoms with van der Waals surface area (Å²) in [6.45, 7) is -0.552. The van der Waals surface area contributed by atoms with Gasteiger partial charge < -0.3 is 9.47 Å². The Bertz CT molecular complexity index is 703. The molecular formula is C13H9Cl2F7N2O3. The van der Waals surface area contributed by atoms with Crippen molar-refractivity contribution in [1.82, 2.24) is 5.43 Å². The van der Waals surface area contributed by atoms with Crippen LogP contribution in [0.2, 0.25) is 10.0 Å². The molecule has 0 radical (unpaired) electrons. The third-order valence-corrected chi connectivity index (χ3v) is 3.31. The molecule has 0 fully saturated rings. The lowest BCUT2D eigenvalue weighted by atomic mass is 10.2. The molecule has 0 bridgehead atoms. The lowest BCUT2D eigenvalue weighted by molar-refractivity contribution is -0.361. The average Bonchev–Trinajstić information content (AvgIpc) is 2.52. The molecule has 27 heavy (non-hydrogen) atoms. The van der Waals surface area contributed by atoms with Crippen molar-refractivity contribution in [2.45, 2.75) is 18.1 Å². The zero-order chi connectivity index (χ0) is 21.0. The number of hydrazone groups is 1. The first-order valence-corrected chi connectivity index (χ1v) is 7.29. The van der Waals surface area contributed by atoms with Crippen molar-refractivity contribution < 1.29 is 45.0 Å². The van der Waals surface area contributed by atoms with Gasteiger partial charge in [0.1, 0.15) is 0 Å². The van der Waals surface area contributed by atoms with Gasteiger partial charge in [0.25, 0.3) is 0 Å². The van der Waals surface area contributed by atoms with Gasteiger partial charge in [-0.2, -0.15) is 35.8 Å². The second-order valence-electron chi connectivity index (χ2n) is 4.70. The van der Waals surface area contributed by atoms with Gasteiger partial charge in [-0.15, -0.1) is 0 Å². The number of rotatable bonds is 7. The highest BCUT2D eigenvalue weighted by Crippen LogP contribution is 2.45. The van der Waals surface area contributed by atoms with Crippen LogP contribution in [0.4, 0.5) is 30.7 Å². The van der Waals surface area contributed by atoms with Crippen LogP contribution in [-0.4, -0.2) is 44.0 Å². The summed E-state index contributed by atoms with van der Waals surface area (Å²) >= 11 is 11.6. The molecule has 0 saturated heterocycles. The maximum absolute atomic E-state index is 13.0. The highest BCUT2D eigenvalue weighted by molar-refractivity contribution is 6.37. The van der Waals surface area contributed by atoms with E-state index >= 15 is 0 Å². The Labute approximate surface area is 157 Å². The molecule has 5 nitrogen and oxygen atoms in total. The summed E-state index contributed by atoms with van der Waals surface area (Å²) in [5.74, 6) is -7.30. The molecule has 1 N–H and O–H groups in total. The van der Waals surface area contributed by atoms with Gasteiger partial charge in [0.05, 0.1) is 23.4 Å². The molecule has 0 amide bonds. The smallest absolute Gasteiger partial charge is 0.462 e. The summed E-state index contributed by atoms with van der Waals surface area (Å²) in [6.07, 6.45) is -6.02. The minimum absolute atomic E-state index is 0.144. The molecule has 0 heterocycles. The number of alkyl halides is 7. The van der Waals surface area contributed by atoms with E-state index in [9.17, 15) is 35.5 Å². The van der Waals surface area contributed by atoms with Crippen LogP contribution in [0.25, 0.3) is 0 Å². The zero-order valence-electron chi connectivity index (χ0n) is 13.0. The van der Waals surface area contributed by atoms with Gasteiger partial charge in [-0.25, -0.2) is 10.2 Å². The molecule has 1 aromatic rings. The molecule has 0 atom stereocenters. The quantitative estimate of drug-likeness (QED) is 0.224. The third-order valence-electron chi connectivity index (χ3n) is 2.75. The van der Waals surface area contributed by atoms with E-state index in [1.807, 2.05) is 0 Å². The van der Waals surface area contributed by atoms with Crippen LogP contribution in [0.3, 0.4) is 0 Å². The number of hydrogen-bond acceptors (Lipinski definition) is 5.